The summed E-state index contributed by atoms with van der Waals surface area (Å²) >= 11 is 0. The number of aromatic nitrogens is 2. The Morgan fingerprint density at radius 3 is 2.83 bits per heavy atom. The fraction of sp³-hybridized carbons (Fsp3) is 0.586. The van der Waals surface area contributed by atoms with Crippen molar-refractivity contribution in [2.75, 3.05) is 6.54 Å². The molecule has 0 bridgehead atoms. The van der Waals surface area contributed by atoms with Gasteiger partial charge in [-0.3, -0.25) is 0 Å². The largest absolute Gasteiger partial charge is 0.464 e. The maximum atomic E-state index is 12.1. The average Bonchev–Trinajstić information content (AvgIpc) is 3.17. The van der Waals surface area contributed by atoms with Crippen LogP contribution in [0.25, 0.3) is 12.7 Å². The molecular formula is C29H43N5O2. The van der Waals surface area contributed by atoms with Crippen molar-refractivity contribution in [3.63, 3.8) is 0 Å². The van der Waals surface area contributed by atoms with Crippen molar-refractivity contribution in [1.29, 1.82) is 5.26 Å². The van der Waals surface area contributed by atoms with Gasteiger partial charge in [0.05, 0.1) is 40.8 Å². The number of amides is 1. The lowest BCUT2D eigenvalue weighted by Gasteiger charge is -2.39. The van der Waals surface area contributed by atoms with Gasteiger partial charge in [0, 0.05) is 6.54 Å². The van der Waals surface area contributed by atoms with Gasteiger partial charge in [-0.2, -0.15) is 15.4 Å². The van der Waals surface area contributed by atoms with Crippen LogP contribution in [-0.4, -0.2) is 38.0 Å². The van der Waals surface area contributed by atoms with Gasteiger partial charge >= 0.3 is 6.09 Å². The monoisotopic (exact) mass is 493 g/mol. The lowest BCUT2D eigenvalue weighted by atomic mass is 9.70. The van der Waals surface area contributed by atoms with E-state index in [1.807, 2.05) is 25.4 Å². The van der Waals surface area contributed by atoms with Crippen molar-refractivity contribution in [1.82, 2.24) is 14.6 Å². The van der Waals surface area contributed by atoms with E-state index in [-0.39, 0.29) is 11.3 Å². The zero-order valence-electron chi connectivity index (χ0n) is 22.8. The second-order valence-corrected chi connectivity index (χ2v) is 11.0. The second-order valence-electron chi connectivity index (χ2n) is 11.0. The zero-order chi connectivity index (χ0) is 26.9. The van der Waals surface area contributed by atoms with E-state index in [0.29, 0.717) is 18.7 Å². The van der Waals surface area contributed by atoms with E-state index in [9.17, 15) is 15.2 Å². The molecule has 1 N–H and O–H groups in total. The maximum Gasteiger partial charge on any atom is 0.427 e. The third-order valence-corrected chi connectivity index (χ3v) is 7.19. The van der Waals surface area contributed by atoms with E-state index >= 15 is 0 Å². The van der Waals surface area contributed by atoms with Crippen molar-refractivity contribution in [3.05, 3.63) is 41.3 Å². The first kappa shape index (κ1) is 29.1. The zero-order valence-corrected chi connectivity index (χ0v) is 22.8. The van der Waals surface area contributed by atoms with Crippen LogP contribution >= 0.6 is 0 Å². The molecule has 36 heavy (non-hydrogen) atoms. The summed E-state index contributed by atoms with van der Waals surface area (Å²) in [5.41, 5.74) is 0.903. The quantitative estimate of drug-likeness (QED) is 0.251. The molecule has 0 spiro atoms. The topological polar surface area (TPSA) is 94.5 Å². The summed E-state index contributed by atoms with van der Waals surface area (Å²) in [4.78, 5) is 16.7. The molecule has 0 radical (unpaired) electrons. The van der Waals surface area contributed by atoms with Gasteiger partial charge in [0.1, 0.15) is 0 Å². The van der Waals surface area contributed by atoms with Crippen LogP contribution < -0.4 is 10.7 Å². The second kappa shape index (κ2) is 12.7. The molecule has 196 valence electrons. The van der Waals surface area contributed by atoms with Crippen LogP contribution in [0.15, 0.2) is 35.7 Å². The molecule has 1 saturated carbocycles. The highest BCUT2D eigenvalue weighted by atomic mass is 16.4. The van der Waals surface area contributed by atoms with E-state index in [4.69, 9.17) is 0 Å². The minimum Gasteiger partial charge on any atom is -0.464 e. The van der Waals surface area contributed by atoms with Gasteiger partial charge in [0.25, 0.3) is 0 Å². The van der Waals surface area contributed by atoms with Crippen molar-refractivity contribution < 1.29 is 9.90 Å². The van der Waals surface area contributed by atoms with Crippen LogP contribution in [0.5, 0.6) is 0 Å². The Balaban J connectivity index is 2.21. The number of unbranched alkanes of at least 4 members (excludes halogenated alkanes) is 1. The summed E-state index contributed by atoms with van der Waals surface area (Å²) in [6, 6.07) is 2.29. The molecule has 1 aliphatic rings. The normalized spacial score (nSPS) is 21.8. The number of hydrogen-bond donors (Lipinski definition) is 1. The molecule has 0 aromatic carbocycles. The molecule has 1 amide bonds. The fourth-order valence-electron chi connectivity index (χ4n) is 4.85. The highest BCUT2D eigenvalue weighted by Gasteiger charge is 2.35. The summed E-state index contributed by atoms with van der Waals surface area (Å²) in [5, 5.41) is 27.0. The van der Waals surface area contributed by atoms with E-state index in [1.54, 1.807) is 19.9 Å². The smallest absolute Gasteiger partial charge is 0.427 e. The van der Waals surface area contributed by atoms with Crippen molar-refractivity contribution in [3.8, 4) is 6.07 Å². The Hall–Kier alpha value is -3.14. The lowest BCUT2D eigenvalue weighted by molar-refractivity contribution is 0.0947. The van der Waals surface area contributed by atoms with Crippen LogP contribution in [-0.2, 0) is 6.54 Å². The Morgan fingerprint density at radius 2 is 2.22 bits per heavy atom. The molecule has 1 aromatic heterocycles. The standard InChI is InChI=1S/C29H43N5O2/c1-8-10-13-26(28(5,6)19-30)32-34(27(35)36)18-24-12-11-16-29(7,17-24)20-33-21-31-25(23(33)4)15-14-22(3)9-2/h9,14-15,21,24H,2,4,8,10-13,16-18,20H2,1,3,5-7H3,(H,35,36)/b22-14+,25-15+,32-26+. The maximum absolute atomic E-state index is 12.1. The minimum absolute atomic E-state index is 0.00501. The van der Waals surface area contributed by atoms with E-state index in [0.717, 1.165) is 61.3 Å². The summed E-state index contributed by atoms with van der Waals surface area (Å²) in [6.45, 7) is 19.1. The first-order valence-electron chi connectivity index (χ1n) is 13.0. The molecule has 2 unspecified atom stereocenters. The van der Waals surface area contributed by atoms with E-state index in [2.05, 4.69) is 47.7 Å². The van der Waals surface area contributed by atoms with Crippen LogP contribution in [0.2, 0.25) is 0 Å². The number of imidazole rings is 1. The van der Waals surface area contributed by atoms with Gasteiger partial charge in [0.2, 0.25) is 0 Å². The Kier molecular flexibility index (Phi) is 10.3. The summed E-state index contributed by atoms with van der Waals surface area (Å²) in [6.07, 6.45) is 12.9. The average molecular weight is 494 g/mol. The number of rotatable bonds is 11. The number of carbonyl (C=O) groups is 1. The van der Waals surface area contributed by atoms with Gasteiger partial charge in [-0.15, -0.1) is 0 Å². The molecule has 2 rings (SSSR count). The molecule has 0 aliphatic heterocycles. The van der Waals surface area contributed by atoms with Crippen molar-refractivity contribution in [2.24, 2.45) is 21.8 Å². The van der Waals surface area contributed by atoms with Crippen LogP contribution in [0.1, 0.15) is 79.6 Å². The third-order valence-electron chi connectivity index (χ3n) is 7.19. The number of carboxylic acid groups (broad SMARTS) is 1. The third kappa shape index (κ3) is 7.94. The Morgan fingerprint density at radius 1 is 1.50 bits per heavy atom. The predicted octanol–water partition coefficient (Wildman–Crippen LogP) is 5.48. The number of hydrogen-bond acceptors (Lipinski definition) is 4. The van der Waals surface area contributed by atoms with Crippen molar-refractivity contribution >= 4 is 24.5 Å². The Bertz CT molecular complexity index is 1140. The number of nitriles is 1. The predicted molar refractivity (Wildman–Crippen MR) is 147 cm³/mol. The highest BCUT2D eigenvalue weighted by Crippen LogP contribution is 2.40. The van der Waals surface area contributed by atoms with E-state index < -0.39 is 11.5 Å². The van der Waals surface area contributed by atoms with E-state index in [1.165, 1.54) is 5.01 Å². The lowest BCUT2D eigenvalue weighted by Crippen LogP contribution is -2.40. The molecule has 1 fully saturated rings. The van der Waals surface area contributed by atoms with Gasteiger partial charge < -0.3 is 9.67 Å². The highest BCUT2D eigenvalue weighted by molar-refractivity contribution is 5.92. The first-order valence-corrected chi connectivity index (χ1v) is 13.0. The van der Waals surface area contributed by atoms with Gasteiger partial charge in [0.15, 0.2) is 0 Å². The number of hydrazone groups is 1. The summed E-state index contributed by atoms with van der Waals surface area (Å²) in [5.74, 6) is 0.196. The number of nitrogens with zero attached hydrogens (tertiary/aromatic N) is 5. The molecule has 1 heterocycles. The molecular weight excluding hydrogens is 450 g/mol. The molecule has 7 heteroatoms. The Labute approximate surface area is 216 Å². The molecule has 2 atom stereocenters. The fourth-order valence-corrected chi connectivity index (χ4v) is 4.85. The van der Waals surface area contributed by atoms with Gasteiger partial charge in [-0.1, -0.05) is 57.6 Å². The summed E-state index contributed by atoms with van der Waals surface area (Å²) < 4.78 is 2.11. The van der Waals surface area contributed by atoms with Crippen molar-refractivity contribution in [2.45, 2.75) is 86.1 Å². The van der Waals surface area contributed by atoms with Crippen LogP contribution in [0, 0.1) is 28.1 Å². The first-order chi connectivity index (χ1) is 16.9. The van der Waals surface area contributed by atoms with Gasteiger partial charge in [-0.25, -0.2) is 9.78 Å². The molecule has 0 saturated heterocycles. The molecule has 7 nitrogen and oxygen atoms in total. The SMILES string of the molecule is C=C/C(C)=C/C=c1/ncn(CC2(C)CCCC(CN(/N=C(\CCCC)C(C)(C)C#N)C(=O)O)C2)c1=C. The van der Waals surface area contributed by atoms with Crippen LogP contribution in [0.4, 0.5) is 4.79 Å². The molecule has 1 aliphatic carbocycles. The minimum atomic E-state index is -1.07. The van der Waals surface area contributed by atoms with Gasteiger partial charge in [-0.05, 0) is 70.3 Å². The number of allylic oxidation sites excluding steroid dienone is 3. The van der Waals surface area contributed by atoms with Crippen LogP contribution in [0.3, 0.4) is 0 Å². The molecule has 1 aromatic rings. The summed E-state index contributed by atoms with van der Waals surface area (Å²) in [7, 11) is 0.